The molecular weight excluding hydrogens is 374 g/mol. The molecule has 1 aliphatic carbocycles. The van der Waals surface area contributed by atoms with Gasteiger partial charge in [-0.2, -0.15) is 0 Å². The minimum atomic E-state index is -1.37. The first-order valence-electron chi connectivity index (χ1n) is 9.90. The van der Waals surface area contributed by atoms with Gasteiger partial charge in [-0.05, 0) is 38.3 Å². The zero-order valence-electron chi connectivity index (χ0n) is 16.4. The molecule has 0 spiro atoms. The quantitative estimate of drug-likeness (QED) is 0.479. The third kappa shape index (κ3) is 4.73. The van der Waals surface area contributed by atoms with E-state index in [2.05, 4.69) is 0 Å². The maximum atomic E-state index is 13.4. The fourth-order valence-electron chi connectivity index (χ4n) is 3.80. The number of thiophene rings is 1. The van der Waals surface area contributed by atoms with Crippen LogP contribution in [0.15, 0.2) is 36.4 Å². The topological polar surface area (TPSA) is 66.8 Å². The summed E-state index contributed by atoms with van der Waals surface area (Å²) in [4.78, 5) is 27.3. The maximum absolute atomic E-state index is 13.4. The summed E-state index contributed by atoms with van der Waals surface area (Å²) in [5, 5.41) is 9.45. The van der Waals surface area contributed by atoms with Gasteiger partial charge in [-0.25, -0.2) is 4.79 Å². The van der Waals surface area contributed by atoms with Crippen molar-refractivity contribution in [3.05, 3.63) is 36.4 Å². The summed E-state index contributed by atoms with van der Waals surface area (Å²) >= 11 is 1.26. The van der Waals surface area contributed by atoms with Crippen molar-refractivity contribution >= 4 is 29.1 Å². The molecule has 28 heavy (non-hydrogen) atoms. The van der Waals surface area contributed by atoms with Gasteiger partial charge in [0.1, 0.15) is 0 Å². The standard InChI is InChI=1S/C22H27NO4S/c1-15(2)23(20(24)17-12-6-3-4-7-13-17)18-14-19(16-10-8-5-9-11-16)28-21(18)27-22(25)26/h5,8-11,14-15,17H,3-4,6-7,12-13H2,1-2H3,(H,25,26). The second-order valence-corrected chi connectivity index (χ2v) is 8.52. The monoisotopic (exact) mass is 401 g/mol. The van der Waals surface area contributed by atoms with Crippen LogP contribution < -0.4 is 9.64 Å². The second kappa shape index (κ2) is 9.24. The number of benzene rings is 1. The Morgan fingerprint density at radius 3 is 2.32 bits per heavy atom. The average Bonchev–Trinajstić information content (AvgIpc) is 2.89. The first-order valence-corrected chi connectivity index (χ1v) is 10.7. The maximum Gasteiger partial charge on any atom is 0.512 e. The zero-order chi connectivity index (χ0) is 20.1. The molecule has 2 aromatic rings. The van der Waals surface area contributed by atoms with Crippen LogP contribution in [0.25, 0.3) is 10.4 Å². The molecule has 3 rings (SSSR count). The van der Waals surface area contributed by atoms with Crippen molar-refractivity contribution in [3.63, 3.8) is 0 Å². The van der Waals surface area contributed by atoms with Gasteiger partial charge in [0.15, 0.2) is 0 Å². The van der Waals surface area contributed by atoms with Crippen LogP contribution in [-0.4, -0.2) is 23.2 Å². The number of anilines is 1. The molecule has 150 valence electrons. The second-order valence-electron chi connectivity index (χ2n) is 7.51. The number of hydrogen-bond acceptors (Lipinski definition) is 4. The first kappa shape index (κ1) is 20.4. The molecule has 0 bridgehead atoms. The van der Waals surface area contributed by atoms with E-state index >= 15 is 0 Å². The lowest BCUT2D eigenvalue weighted by atomic mass is 9.97. The Labute approximate surface area is 169 Å². The summed E-state index contributed by atoms with van der Waals surface area (Å²) < 4.78 is 5.08. The molecule has 1 aromatic heterocycles. The number of carbonyl (C=O) groups is 2. The Morgan fingerprint density at radius 2 is 1.75 bits per heavy atom. The molecule has 1 fully saturated rings. The summed E-state index contributed by atoms with van der Waals surface area (Å²) in [5.74, 6) is 0.0622. The average molecular weight is 402 g/mol. The molecule has 1 N–H and O–H groups in total. The number of amides is 1. The highest BCUT2D eigenvalue weighted by atomic mass is 32.1. The highest BCUT2D eigenvalue weighted by Gasteiger charge is 2.31. The lowest BCUT2D eigenvalue weighted by Gasteiger charge is -2.30. The molecular formula is C22H27NO4S. The van der Waals surface area contributed by atoms with E-state index in [-0.39, 0.29) is 22.9 Å². The first-order chi connectivity index (χ1) is 13.5. The molecule has 0 saturated heterocycles. The number of hydrogen-bond donors (Lipinski definition) is 1. The van der Waals surface area contributed by atoms with Crippen LogP contribution in [0.2, 0.25) is 0 Å². The van der Waals surface area contributed by atoms with Crippen molar-refractivity contribution in [1.82, 2.24) is 0 Å². The van der Waals surface area contributed by atoms with Crippen molar-refractivity contribution in [1.29, 1.82) is 0 Å². The minimum Gasteiger partial charge on any atom is -0.449 e. The summed E-state index contributed by atoms with van der Waals surface area (Å²) in [6, 6.07) is 11.5. The predicted molar refractivity (Wildman–Crippen MR) is 112 cm³/mol. The molecule has 0 atom stereocenters. The van der Waals surface area contributed by atoms with Crippen molar-refractivity contribution in [2.45, 2.75) is 58.4 Å². The molecule has 1 saturated carbocycles. The van der Waals surface area contributed by atoms with E-state index in [4.69, 9.17) is 4.74 Å². The van der Waals surface area contributed by atoms with Crippen molar-refractivity contribution < 1.29 is 19.4 Å². The fourth-order valence-corrected chi connectivity index (χ4v) is 4.80. The summed E-state index contributed by atoms with van der Waals surface area (Å²) in [5.41, 5.74) is 1.52. The number of carboxylic acid groups (broad SMARTS) is 1. The van der Waals surface area contributed by atoms with Gasteiger partial charge in [0.05, 0.1) is 5.69 Å². The Morgan fingerprint density at radius 1 is 1.11 bits per heavy atom. The van der Waals surface area contributed by atoms with Crippen LogP contribution in [-0.2, 0) is 4.79 Å². The van der Waals surface area contributed by atoms with E-state index < -0.39 is 6.16 Å². The highest BCUT2D eigenvalue weighted by molar-refractivity contribution is 7.18. The number of rotatable bonds is 5. The molecule has 1 heterocycles. The van der Waals surface area contributed by atoms with Crippen LogP contribution in [0, 0.1) is 5.92 Å². The van der Waals surface area contributed by atoms with Crippen molar-refractivity contribution in [2.75, 3.05) is 4.90 Å². The summed E-state index contributed by atoms with van der Waals surface area (Å²) in [6.07, 6.45) is 4.91. The third-order valence-corrected chi connectivity index (χ3v) is 6.19. The fraction of sp³-hybridized carbons (Fsp3) is 0.455. The van der Waals surface area contributed by atoms with Crippen LogP contribution in [0.5, 0.6) is 5.06 Å². The minimum absolute atomic E-state index is 0.0114. The molecule has 1 aromatic carbocycles. The number of ether oxygens (including phenoxy) is 1. The van der Waals surface area contributed by atoms with Crippen LogP contribution >= 0.6 is 11.3 Å². The van der Waals surface area contributed by atoms with Crippen LogP contribution in [0.1, 0.15) is 52.4 Å². The molecule has 0 unspecified atom stereocenters. The van der Waals surface area contributed by atoms with Gasteiger partial charge in [-0.3, -0.25) is 4.79 Å². The van der Waals surface area contributed by atoms with Crippen molar-refractivity contribution in [2.24, 2.45) is 5.92 Å². The van der Waals surface area contributed by atoms with Crippen LogP contribution in [0.3, 0.4) is 0 Å². The Bertz CT molecular complexity index is 807. The summed E-state index contributed by atoms with van der Waals surface area (Å²) in [6.45, 7) is 3.91. The third-order valence-electron chi connectivity index (χ3n) is 5.14. The normalized spacial score (nSPS) is 15.2. The molecule has 1 aliphatic rings. The van der Waals surface area contributed by atoms with Crippen LogP contribution in [0.4, 0.5) is 10.5 Å². The number of nitrogens with zero attached hydrogens (tertiary/aromatic N) is 1. The molecule has 1 amide bonds. The van der Waals surface area contributed by atoms with E-state index in [0.717, 1.165) is 36.1 Å². The van der Waals surface area contributed by atoms with Gasteiger partial charge in [0.2, 0.25) is 11.0 Å². The predicted octanol–water partition coefficient (Wildman–Crippen LogP) is 6.18. The van der Waals surface area contributed by atoms with Gasteiger partial charge in [0.25, 0.3) is 0 Å². The Balaban J connectivity index is 1.99. The molecule has 0 radical (unpaired) electrons. The lowest BCUT2D eigenvalue weighted by molar-refractivity contribution is -0.123. The Kier molecular flexibility index (Phi) is 6.73. The van der Waals surface area contributed by atoms with Gasteiger partial charge in [0, 0.05) is 16.8 Å². The van der Waals surface area contributed by atoms with Gasteiger partial charge in [-0.15, -0.1) is 0 Å². The van der Waals surface area contributed by atoms with E-state index in [1.54, 1.807) is 4.90 Å². The van der Waals surface area contributed by atoms with E-state index in [0.29, 0.717) is 5.69 Å². The van der Waals surface area contributed by atoms with Crippen molar-refractivity contribution in [3.8, 4) is 15.5 Å². The molecule has 5 nitrogen and oxygen atoms in total. The molecule has 6 heteroatoms. The van der Waals surface area contributed by atoms with E-state index in [9.17, 15) is 14.7 Å². The Hall–Kier alpha value is -2.34. The lowest BCUT2D eigenvalue weighted by Crippen LogP contribution is -2.41. The highest BCUT2D eigenvalue weighted by Crippen LogP contribution is 2.44. The largest absolute Gasteiger partial charge is 0.512 e. The van der Waals surface area contributed by atoms with E-state index in [1.165, 1.54) is 24.2 Å². The smallest absolute Gasteiger partial charge is 0.449 e. The number of carbonyl (C=O) groups excluding carboxylic acids is 1. The SMILES string of the molecule is CC(C)N(C(=O)C1CCCCCC1)c1cc(-c2ccccc2)sc1OC(=O)O. The van der Waals surface area contributed by atoms with Gasteiger partial charge in [-0.1, -0.05) is 67.4 Å². The summed E-state index contributed by atoms with van der Waals surface area (Å²) in [7, 11) is 0. The van der Waals surface area contributed by atoms with E-state index in [1.807, 2.05) is 50.2 Å². The zero-order valence-corrected chi connectivity index (χ0v) is 17.2. The molecule has 0 aliphatic heterocycles. The van der Waals surface area contributed by atoms with Gasteiger partial charge >= 0.3 is 6.16 Å². The van der Waals surface area contributed by atoms with Gasteiger partial charge < -0.3 is 14.7 Å².